The van der Waals surface area contributed by atoms with Gasteiger partial charge in [-0.25, -0.2) is 0 Å². The van der Waals surface area contributed by atoms with Gasteiger partial charge in [0.15, 0.2) is 0 Å². The fourth-order valence-electron chi connectivity index (χ4n) is 13.5. The standard InChI is InChI=1S/C78H50BN3S2/c1-5-23-51(24-6-1)53-27-21-29-55(43-53)60-35-13-17-39-68(60)81-70-47-64-62-37-15-19-41-74(62)83-76(64)49-66(70)79-67-50-77-65(63-38-16-20-42-75(63)84-77)48-71(67)82(69-40-18-14-36-61(69)56-30-22-28-54(44-56)52-25-7-2-8-26-52)73-46-59(45-72(81)78(73)79)80(57-31-9-3-10-32-57)58-33-11-4-12-34-58/h1-50H. The van der Waals surface area contributed by atoms with E-state index in [1.54, 1.807) is 0 Å². The van der Waals surface area contributed by atoms with Gasteiger partial charge in [-0.2, -0.15) is 0 Å². The molecule has 3 nitrogen and oxygen atoms in total. The monoisotopic (exact) mass is 1100 g/mol. The SMILES string of the molecule is c1ccc(-c2cccc(-c3ccccc3N3c4cc5c(cc4B4c6cc7sc8ccccc8c7cc6N(c6ccccc6-c6cccc(-c7ccccc7)c6)c6cc(N(c7ccccc7)c7ccccc7)cc3c64)sc3ccccc35)c2)cc1. The summed E-state index contributed by atoms with van der Waals surface area (Å²) in [7, 11) is 0. The minimum Gasteiger partial charge on any atom is -0.311 e. The van der Waals surface area contributed by atoms with Gasteiger partial charge in [0.25, 0.3) is 6.71 Å². The second-order valence-corrected chi connectivity index (χ2v) is 24.1. The summed E-state index contributed by atoms with van der Waals surface area (Å²) in [4.78, 5) is 7.72. The maximum atomic E-state index is 2.63. The summed E-state index contributed by atoms with van der Waals surface area (Å²) in [6.07, 6.45) is 0. The van der Waals surface area contributed by atoms with Crippen molar-refractivity contribution in [2.24, 2.45) is 0 Å². The van der Waals surface area contributed by atoms with Crippen LogP contribution < -0.4 is 31.1 Å². The number of anilines is 9. The first kappa shape index (κ1) is 48.5. The minimum absolute atomic E-state index is 0.144. The maximum Gasteiger partial charge on any atom is 0.252 e. The zero-order valence-electron chi connectivity index (χ0n) is 45.6. The molecule has 2 aliphatic heterocycles. The van der Waals surface area contributed by atoms with Gasteiger partial charge in [0, 0.05) is 85.6 Å². The maximum absolute atomic E-state index is 2.63. The summed E-state index contributed by atoms with van der Waals surface area (Å²) < 4.78 is 5.15. The molecule has 0 N–H and O–H groups in total. The topological polar surface area (TPSA) is 9.72 Å². The highest BCUT2D eigenvalue weighted by atomic mass is 32.1. The van der Waals surface area contributed by atoms with Crippen molar-refractivity contribution in [1.82, 2.24) is 0 Å². The van der Waals surface area contributed by atoms with E-state index in [0.717, 1.165) is 62.1 Å². The van der Waals surface area contributed by atoms with Gasteiger partial charge < -0.3 is 14.7 Å². The van der Waals surface area contributed by atoms with Crippen LogP contribution in [0, 0.1) is 0 Å². The summed E-state index contributed by atoms with van der Waals surface area (Å²) >= 11 is 3.80. The lowest BCUT2D eigenvalue weighted by atomic mass is 9.33. The van der Waals surface area contributed by atoms with E-state index in [0.29, 0.717) is 0 Å². The van der Waals surface area contributed by atoms with E-state index in [2.05, 4.69) is 318 Å². The first-order valence-corrected chi connectivity index (χ1v) is 30.4. The van der Waals surface area contributed by atoms with Gasteiger partial charge in [-0.3, -0.25) is 0 Å². The van der Waals surface area contributed by atoms with Crippen molar-refractivity contribution in [3.8, 4) is 44.5 Å². The molecule has 0 bridgehead atoms. The fraction of sp³-hybridized carbons (Fsp3) is 0. The second-order valence-electron chi connectivity index (χ2n) is 21.9. The molecule has 15 aromatic rings. The molecular weight excluding hydrogens is 1050 g/mol. The van der Waals surface area contributed by atoms with E-state index in [9.17, 15) is 0 Å². The number of rotatable bonds is 9. The second kappa shape index (κ2) is 19.7. The van der Waals surface area contributed by atoms with Gasteiger partial charge in [0.2, 0.25) is 0 Å². The third-order valence-corrected chi connectivity index (χ3v) is 19.5. The van der Waals surface area contributed by atoms with Gasteiger partial charge in [0.1, 0.15) is 0 Å². The summed E-state index contributed by atoms with van der Waals surface area (Å²) in [5.41, 5.74) is 23.3. The number of hydrogen-bond acceptors (Lipinski definition) is 5. The van der Waals surface area contributed by atoms with Crippen LogP contribution in [0.15, 0.2) is 303 Å². The van der Waals surface area contributed by atoms with Crippen molar-refractivity contribution in [3.63, 3.8) is 0 Å². The Morgan fingerprint density at radius 2 is 0.631 bits per heavy atom. The number of para-hydroxylation sites is 4. The Bertz CT molecular complexity index is 4740. The van der Waals surface area contributed by atoms with Gasteiger partial charge in [-0.15, -0.1) is 22.7 Å². The van der Waals surface area contributed by atoms with Crippen LogP contribution in [0.2, 0.25) is 0 Å². The third kappa shape index (κ3) is 7.86. The van der Waals surface area contributed by atoms with Gasteiger partial charge >= 0.3 is 0 Å². The fourth-order valence-corrected chi connectivity index (χ4v) is 15.8. The van der Waals surface area contributed by atoms with Gasteiger partial charge in [0.05, 0.1) is 17.1 Å². The molecule has 13 aromatic carbocycles. The number of nitrogens with zero attached hydrogens (tertiary/aromatic N) is 3. The molecule has 0 amide bonds. The van der Waals surface area contributed by atoms with Crippen molar-refractivity contribution in [2.75, 3.05) is 14.7 Å². The molecule has 0 unspecified atom stereocenters. The van der Waals surface area contributed by atoms with Crippen LogP contribution in [0.4, 0.5) is 51.2 Å². The summed E-state index contributed by atoms with van der Waals surface area (Å²) in [5, 5.41) is 5.09. The molecule has 0 atom stereocenters. The molecule has 0 saturated heterocycles. The average Bonchev–Trinajstić information content (AvgIpc) is 1.07. The first-order valence-electron chi connectivity index (χ1n) is 28.8. The Balaban J connectivity index is 1.02. The Morgan fingerprint density at radius 3 is 1.10 bits per heavy atom. The normalized spacial score (nSPS) is 12.5. The molecule has 0 spiro atoms. The van der Waals surface area contributed by atoms with E-state index in [1.807, 2.05) is 22.7 Å². The van der Waals surface area contributed by atoms with Crippen molar-refractivity contribution in [2.45, 2.75) is 0 Å². The van der Waals surface area contributed by atoms with Crippen LogP contribution >= 0.6 is 22.7 Å². The molecular formula is C78H50BN3S2. The largest absolute Gasteiger partial charge is 0.311 e. The molecule has 392 valence electrons. The van der Waals surface area contributed by atoms with E-state index < -0.39 is 0 Å². The van der Waals surface area contributed by atoms with E-state index in [4.69, 9.17) is 0 Å². The molecule has 0 fully saturated rings. The van der Waals surface area contributed by atoms with E-state index in [-0.39, 0.29) is 6.71 Å². The van der Waals surface area contributed by atoms with Crippen LogP contribution in [0.3, 0.4) is 0 Å². The zero-order valence-corrected chi connectivity index (χ0v) is 47.2. The molecule has 0 aliphatic carbocycles. The van der Waals surface area contributed by atoms with Gasteiger partial charge in [-0.1, -0.05) is 206 Å². The molecule has 2 aliphatic rings. The molecule has 4 heterocycles. The van der Waals surface area contributed by atoms with Crippen molar-refractivity contribution in [1.29, 1.82) is 0 Å². The van der Waals surface area contributed by atoms with Crippen LogP contribution in [0.25, 0.3) is 84.9 Å². The molecule has 17 rings (SSSR count). The predicted octanol–water partition coefficient (Wildman–Crippen LogP) is 20.6. The zero-order chi connectivity index (χ0) is 55.2. The van der Waals surface area contributed by atoms with E-state index in [1.165, 1.54) is 90.4 Å². The molecule has 0 radical (unpaired) electrons. The lowest BCUT2D eigenvalue weighted by molar-refractivity contribution is 1.23. The Kier molecular flexibility index (Phi) is 11.4. The first-order chi connectivity index (χ1) is 41.7. The predicted molar refractivity (Wildman–Crippen MR) is 363 cm³/mol. The Morgan fingerprint density at radius 1 is 0.250 bits per heavy atom. The lowest BCUT2D eigenvalue weighted by Crippen LogP contribution is -2.61. The smallest absolute Gasteiger partial charge is 0.252 e. The highest BCUT2D eigenvalue weighted by Gasteiger charge is 2.45. The number of hydrogen-bond donors (Lipinski definition) is 0. The van der Waals surface area contributed by atoms with E-state index >= 15 is 0 Å². The number of benzene rings is 13. The van der Waals surface area contributed by atoms with Crippen LogP contribution in [-0.4, -0.2) is 6.71 Å². The number of fused-ring (bicyclic) bond motifs is 10. The van der Waals surface area contributed by atoms with Crippen molar-refractivity contribution < 1.29 is 0 Å². The minimum atomic E-state index is -0.144. The van der Waals surface area contributed by atoms with Crippen molar-refractivity contribution >= 4 is 137 Å². The summed E-state index contributed by atoms with van der Waals surface area (Å²) in [6, 6.07) is 113. The molecule has 84 heavy (non-hydrogen) atoms. The summed E-state index contributed by atoms with van der Waals surface area (Å²) in [6.45, 7) is -0.144. The average molecular weight is 1100 g/mol. The van der Waals surface area contributed by atoms with Crippen LogP contribution in [0.5, 0.6) is 0 Å². The number of thiophene rings is 2. The Hall–Kier alpha value is -10.2. The highest BCUT2D eigenvalue weighted by molar-refractivity contribution is 7.26. The van der Waals surface area contributed by atoms with Crippen molar-refractivity contribution in [3.05, 3.63) is 303 Å². The van der Waals surface area contributed by atoms with Gasteiger partial charge in [-0.05, 0) is 147 Å². The van der Waals surface area contributed by atoms with Crippen LogP contribution in [-0.2, 0) is 0 Å². The highest BCUT2D eigenvalue weighted by Crippen LogP contribution is 2.53. The quantitative estimate of drug-likeness (QED) is 0.133. The molecule has 6 heteroatoms. The lowest BCUT2D eigenvalue weighted by Gasteiger charge is -2.45. The van der Waals surface area contributed by atoms with Crippen LogP contribution in [0.1, 0.15) is 0 Å². The third-order valence-electron chi connectivity index (χ3n) is 17.2. The molecule has 0 saturated carbocycles. The molecule has 2 aromatic heterocycles. The Labute approximate surface area is 496 Å². The summed E-state index contributed by atoms with van der Waals surface area (Å²) in [5.74, 6) is 0.